The van der Waals surface area contributed by atoms with Crippen LogP contribution in [0.3, 0.4) is 0 Å². The van der Waals surface area contributed by atoms with Gasteiger partial charge in [-0.05, 0) is 51.4 Å². The predicted octanol–water partition coefficient (Wildman–Crippen LogP) is 3.82. The van der Waals surface area contributed by atoms with Gasteiger partial charge in [0.05, 0.1) is 22.5 Å². The molecule has 1 atom stereocenters. The minimum Gasteiger partial charge on any atom is -0.355 e. The summed E-state index contributed by atoms with van der Waals surface area (Å²) in [7, 11) is 0. The number of nitrogens with zero attached hydrogens (tertiary/aromatic N) is 2. The Morgan fingerprint density at radius 1 is 1.15 bits per heavy atom. The van der Waals surface area contributed by atoms with Gasteiger partial charge in [0, 0.05) is 47.2 Å². The van der Waals surface area contributed by atoms with Crippen molar-refractivity contribution in [3.05, 3.63) is 58.9 Å². The van der Waals surface area contributed by atoms with Crippen LogP contribution < -0.4 is 16.0 Å². The lowest BCUT2D eigenvalue weighted by Gasteiger charge is -2.40. The zero-order chi connectivity index (χ0) is 23.4. The molecule has 1 aromatic carbocycles. The number of aromatic amines is 2. The van der Waals surface area contributed by atoms with E-state index in [0.29, 0.717) is 34.7 Å². The number of piperidine rings is 1. The summed E-state index contributed by atoms with van der Waals surface area (Å²) in [6.07, 6.45) is 3.70. The zero-order valence-corrected chi connectivity index (χ0v) is 19.1. The molecule has 1 amide bonds. The summed E-state index contributed by atoms with van der Waals surface area (Å²) in [6.45, 7) is 5.92. The van der Waals surface area contributed by atoms with Crippen LogP contribution in [0.1, 0.15) is 40.3 Å². The quantitative estimate of drug-likeness (QED) is 0.320. The third-order valence-corrected chi connectivity index (χ3v) is 7.12. The Bertz CT molecular complexity index is 1430. The van der Waals surface area contributed by atoms with Crippen LogP contribution in [0.4, 0.5) is 15.8 Å². The number of amides is 1. The first kappa shape index (κ1) is 20.9. The average molecular weight is 460 g/mol. The number of imidazole rings is 1. The van der Waals surface area contributed by atoms with E-state index in [0.717, 1.165) is 54.2 Å². The molecule has 1 fully saturated rings. The summed E-state index contributed by atoms with van der Waals surface area (Å²) in [4.78, 5) is 29.1. The Kier molecular flexibility index (Phi) is 4.70. The molecule has 34 heavy (non-hydrogen) atoms. The third kappa shape index (κ3) is 3.11. The molecule has 0 bridgehead atoms. The van der Waals surface area contributed by atoms with Crippen molar-refractivity contribution in [2.24, 2.45) is 0 Å². The van der Waals surface area contributed by atoms with Crippen LogP contribution in [0, 0.1) is 19.7 Å². The zero-order valence-electron chi connectivity index (χ0n) is 19.1. The van der Waals surface area contributed by atoms with Crippen LogP contribution in [0.5, 0.6) is 0 Å². The minimum atomic E-state index is -0.302. The highest BCUT2D eigenvalue weighted by molar-refractivity contribution is 6.08. The van der Waals surface area contributed by atoms with Crippen molar-refractivity contribution >= 4 is 28.4 Å². The van der Waals surface area contributed by atoms with E-state index in [1.54, 1.807) is 19.2 Å². The summed E-state index contributed by atoms with van der Waals surface area (Å²) < 4.78 is 14.4. The van der Waals surface area contributed by atoms with Crippen LogP contribution in [0.15, 0.2) is 30.5 Å². The summed E-state index contributed by atoms with van der Waals surface area (Å²) in [5, 5.41) is 10.0. The van der Waals surface area contributed by atoms with Crippen molar-refractivity contribution in [2.45, 2.75) is 32.1 Å². The fourth-order valence-corrected chi connectivity index (χ4v) is 5.32. The van der Waals surface area contributed by atoms with E-state index in [1.165, 1.54) is 6.07 Å². The lowest BCUT2D eigenvalue weighted by Crippen LogP contribution is -2.54. The van der Waals surface area contributed by atoms with E-state index in [9.17, 15) is 9.18 Å². The van der Waals surface area contributed by atoms with Gasteiger partial charge in [0.2, 0.25) is 0 Å². The molecule has 5 heterocycles. The first-order valence-corrected chi connectivity index (χ1v) is 11.6. The second kappa shape index (κ2) is 7.66. The molecule has 2 aliphatic heterocycles. The number of carbonyl (C=O) groups excluding carboxylic acids is 1. The van der Waals surface area contributed by atoms with Crippen molar-refractivity contribution in [1.29, 1.82) is 0 Å². The smallest absolute Gasteiger partial charge is 0.255 e. The highest BCUT2D eigenvalue weighted by Crippen LogP contribution is 2.45. The van der Waals surface area contributed by atoms with Crippen molar-refractivity contribution in [1.82, 2.24) is 30.6 Å². The molecular weight excluding hydrogens is 433 g/mol. The standard InChI is InChI=1S/C25H26FN7O/c1-13-16(26)5-3-6-17(13)32-21-18-22(25(12-29-24(18)34)8-4-9-27-11-25)33-19(21)15-7-10-28-23-20(15)30-14(2)31-23/h3,5-7,10,27,32-33H,4,8-9,11-12H2,1-2H3,(H,29,34)(H,28,30,31). The lowest BCUT2D eigenvalue weighted by atomic mass is 9.74. The van der Waals surface area contributed by atoms with Crippen molar-refractivity contribution in [3.8, 4) is 11.3 Å². The van der Waals surface area contributed by atoms with Crippen LogP contribution in [0.25, 0.3) is 22.4 Å². The van der Waals surface area contributed by atoms with E-state index in [4.69, 9.17) is 0 Å². The highest BCUT2D eigenvalue weighted by Gasteiger charge is 2.44. The summed E-state index contributed by atoms with van der Waals surface area (Å²) >= 11 is 0. The van der Waals surface area contributed by atoms with Gasteiger partial charge in [-0.25, -0.2) is 14.4 Å². The third-order valence-electron chi connectivity index (χ3n) is 7.12. The van der Waals surface area contributed by atoms with Gasteiger partial charge in [0.1, 0.15) is 11.6 Å². The minimum absolute atomic E-state index is 0.142. The number of carbonyl (C=O) groups is 1. The number of anilines is 2. The molecule has 1 saturated heterocycles. The second-order valence-corrected chi connectivity index (χ2v) is 9.29. The van der Waals surface area contributed by atoms with Gasteiger partial charge in [-0.3, -0.25) is 4.79 Å². The number of aryl methyl sites for hydroxylation is 1. The highest BCUT2D eigenvalue weighted by atomic mass is 19.1. The lowest BCUT2D eigenvalue weighted by molar-refractivity contribution is 0.0916. The molecular formula is C25H26FN7O. The molecule has 8 nitrogen and oxygen atoms in total. The monoisotopic (exact) mass is 459 g/mol. The summed E-state index contributed by atoms with van der Waals surface area (Å²) in [6, 6.07) is 6.83. The number of fused-ring (bicyclic) bond motifs is 3. The van der Waals surface area contributed by atoms with Gasteiger partial charge in [0.25, 0.3) is 5.91 Å². The Hall–Kier alpha value is -3.72. The Balaban J connectivity index is 1.62. The van der Waals surface area contributed by atoms with Gasteiger partial charge >= 0.3 is 0 Å². The predicted molar refractivity (Wildman–Crippen MR) is 129 cm³/mol. The van der Waals surface area contributed by atoms with E-state index < -0.39 is 0 Å². The topological polar surface area (TPSA) is 111 Å². The number of hydrogen-bond donors (Lipinski definition) is 5. The Morgan fingerprint density at radius 3 is 2.85 bits per heavy atom. The fraction of sp³-hybridized carbons (Fsp3) is 0.320. The largest absolute Gasteiger partial charge is 0.355 e. The molecule has 0 radical (unpaired) electrons. The molecule has 4 aromatic rings. The number of H-pyrrole nitrogens is 2. The number of pyridine rings is 1. The molecule has 3 aromatic heterocycles. The van der Waals surface area contributed by atoms with Crippen molar-refractivity contribution in [3.63, 3.8) is 0 Å². The SMILES string of the molecule is Cc1nc2nccc(-c3[nH]c4c(c3Nc3cccc(F)c3C)C(=O)NCC43CCCNC3)c2[nH]1. The molecule has 5 N–H and O–H groups in total. The summed E-state index contributed by atoms with van der Waals surface area (Å²) in [5.74, 6) is 0.313. The first-order chi connectivity index (χ1) is 16.5. The van der Waals surface area contributed by atoms with E-state index in [1.807, 2.05) is 19.1 Å². The van der Waals surface area contributed by atoms with Crippen LogP contribution in [0.2, 0.25) is 0 Å². The average Bonchev–Trinajstić information content (AvgIpc) is 3.41. The maximum atomic E-state index is 14.4. The maximum Gasteiger partial charge on any atom is 0.255 e. The number of aromatic nitrogens is 4. The van der Waals surface area contributed by atoms with Gasteiger partial charge < -0.3 is 25.9 Å². The van der Waals surface area contributed by atoms with E-state index in [-0.39, 0.29) is 17.1 Å². The molecule has 6 rings (SSSR count). The first-order valence-electron chi connectivity index (χ1n) is 11.6. The van der Waals surface area contributed by atoms with Crippen LogP contribution in [-0.4, -0.2) is 45.5 Å². The molecule has 1 spiro atoms. The number of nitrogens with one attached hydrogen (secondary N) is 5. The van der Waals surface area contributed by atoms with Crippen molar-refractivity contribution in [2.75, 3.05) is 25.0 Å². The van der Waals surface area contributed by atoms with E-state index >= 15 is 0 Å². The molecule has 174 valence electrons. The number of benzene rings is 1. The normalized spacial score (nSPS) is 19.9. The second-order valence-electron chi connectivity index (χ2n) is 9.29. The Labute approximate surface area is 195 Å². The fourth-order valence-electron chi connectivity index (χ4n) is 5.32. The molecule has 1 unspecified atom stereocenters. The molecule has 0 saturated carbocycles. The molecule has 0 aliphatic carbocycles. The van der Waals surface area contributed by atoms with Gasteiger partial charge in [-0.1, -0.05) is 6.07 Å². The number of halogens is 1. The van der Waals surface area contributed by atoms with Gasteiger partial charge in [-0.15, -0.1) is 0 Å². The molecule has 9 heteroatoms. The Morgan fingerprint density at radius 2 is 2.03 bits per heavy atom. The van der Waals surface area contributed by atoms with Gasteiger partial charge in [-0.2, -0.15) is 0 Å². The van der Waals surface area contributed by atoms with Crippen molar-refractivity contribution < 1.29 is 9.18 Å². The van der Waals surface area contributed by atoms with Gasteiger partial charge in [0.15, 0.2) is 5.65 Å². The maximum absolute atomic E-state index is 14.4. The number of rotatable bonds is 3. The van der Waals surface area contributed by atoms with Crippen LogP contribution in [-0.2, 0) is 5.41 Å². The van der Waals surface area contributed by atoms with Crippen LogP contribution >= 0.6 is 0 Å². The van der Waals surface area contributed by atoms with E-state index in [2.05, 4.69) is 35.9 Å². The number of hydrogen-bond acceptors (Lipinski definition) is 5. The molecule has 2 aliphatic rings. The summed E-state index contributed by atoms with van der Waals surface area (Å²) in [5.41, 5.74) is 5.99.